The van der Waals surface area contributed by atoms with Crippen molar-refractivity contribution in [2.45, 2.75) is 66.1 Å². The van der Waals surface area contributed by atoms with Crippen LogP contribution in [0.15, 0.2) is 12.2 Å². The van der Waals surface area contributed by atoms with Crippen molar-refractivity contribution in [3.05, 3.63) is 12.2 Å². The summed E-state index contributed by atoms with van der Waals surface area (Å²) in [5.74, 6) is 1.99. The van der Waals surface area contributed by atoms with Gasteiger partial charge in [-0.3, -0.25) is 4.79 Å². The van der Waals surface area contributed by atoms with Crippen molar-refractivity contribution in [2.24, 2.45) is 23.7 Å². The zero-order valence-electron chi connectivity index (χ0n) is 15.2. The predicted octanol–water partition coefficient (Wildman–Crippen LogP) is 5.06. The first-order valence-corrected chi connectivity index (χ1v) is 11.2. The maximum atomic E-state index is 11.7. The van der Waals surface area contributed by atoms with Crippen LogP contribution >= 0.6 is 0 Å². The van der Waals surface area contributed by atoms with Gasteiger partial charge in [-0.15, -0.1) is 0 Å². The Morgan fingerprint density at radius 3 is 2.33 bits per heavy atom. The molecule has 0 saturated heterocycles. The quantitative estimate of drug-likeness (QED) is 0.663. The highest BCUT2D eigenvalue weighted by molar-refractivity contribution is 6.74. The molecule has 0 spiro atoms. The van der Waals surface area contributed by atoms with Gasteiger partial charge in [-0.2, -0.15) is 0 Å². The first kappa shape index (κ1) is 18.6. The molecule has 0 aliphatic heterocycles. The van der Waals surface area contributed by atoms with Crippen LogP contribution in [-0.4, -0.2) is 20.7 Å². The number of rotatable bonds is 5. The zero-order chi connectivity index (χ0) is 16.4. The van der Waals surface area contributed by atoms with Crippen LogP contribution in [0, 0.1) is 23.7 Å². The highest BCUT2D eigenvalue weighted by Gasteiger charge is 2.39. The largest absolute Gasteiger partial charge is 0.417 e. The molecular formula is C18H34O2Si. The lowest BCUT2D eigenvalue weighted by Crippen LogP contribution is -2.43. The van der Waals surface area contributed by atoms with E-state index < -0.39 is 8.32 Å². The third kappa shape index (κ3) is 4.78. The fraction of sp³-hybridized carbons (Fsp3) is 0.833. The molecule has 122 valence electrons. The Bertz CT molecular complexity index is 391. The Labute approximate surface area is 132 Å². The molecule has 0 unspecified atom stereocenters. The van der Waals surface area contributed by atoms with Crippen LogP contribution in [0.5, 0.6) is 0 Å². The van der Waals surface area contributed by atoms with Gasteiger partial charge in [0.15, 0.2) is 14.1 Å². The van der Waals surface area contributed by atoms with E-state index in [1.807, 2.05) is 6.92 Å². The summed E-state index contributed by atoms with van der Waals surface area (Å²) in [6.45, 7) is 18.9. The van der Waals surface area contributed by atoms with Crippen molar-refractivity contribution >= 4 is 14.1 Å². The smallest absolute Gasteiger partial charge is 0.191 e. The molecule has 0 amide bonds. The van der Waals surface area contributed by atoms with Crippen molar-refractivity contribution in [1.82, 2.24) is 0 Å². The van der Waals surface area contributed by atoms with Crippen LogP contribution in [0.3, 0.4) is 0 Å². The first-order chi connectivity index (χ1) is 9.45. The normalized spacial score (nSPS) is 25.5. The van der Waals surface area contributed by atoms with Gasteiger partial charge in [-0.25, -0.2) is 0 Å². The minimum atomic E-state index is -1.70. The number of carbonyl (C=O) groups excluding carboxylic acids is 1. The third-order valence-corrected chi connectivity index (χ3v) is 9.97. The van der Waals surface area contributed by atoms with E-state index in [1.54, 1.807) is 6.08 Å². The second-order valence-electron chi connectivity index (χ2n) is 8.54. The third-order valence-electron chi connectivity index (χ3n) is 5.47. The topological polar surface area (TPSA) is 26.3 Å². The number of hydrogen-bond donors (Lipinski definition) is 0. The molecule has 21 heavy (non-hydrogen) atoms. The average molecular weight is 311 g/mol. The van der Waals surface area contributed by atoms with Gasteiger partial charge in [0.2, 0.25) is 0 Å². The minimum absolute atomic E-state index is 0.161. The Morgan fingerprint density at radius 1 is 1.33 bits per heavy atom. The minimum Gasteiger partial charge on any atom is -0.417 e. The Hall–Kier alpha value is -0.413. The summed E-state index contributed by atoms with van der Waals surface area (Å²) in [7, 11) is -1.70. The van der Waals surface area contributed by atoms with Crippen molar-refractivity contribution < 1.29 is 9.22 Å². The van der Waals surface area contributed by atoms with E-state index in [-0.39, 0.29) is 16.7 Å². The Kier molecular flexibility index (Phi) is 6.02. The predicted molar refractivity (Wildman–Crippen MR) is 92.9 cm³/mol. The summed E-state index contributed by atoms with van der Waals surface area (Å²) in [4.78, 5) is 11.7. The van der Waals surface area contributed by atoms with Gasteiger partial charge < -0.3 is 4.43 Å². The molecule has 0 saturated carbocycles. The van der Waals surface area contributed by atoms with Crippen molar-refractivity contribution in [2.75, 3.05) is 6.61 Å². The second kappa shape index (κ2) is 6.78. The molecule has 3 heteroatoms. The lowest BCUT2D eigenvalue weighted by atomic mass is 9.75. The van der Waals surface area contributed by atoms with Crippen molar-refractivity contribution in [3.63, 3.8) is 0 Å². The van der Waals surface area contributed by atoms with Crippen LogP contribution in [0.25, 0.3) is 0 Å². The molecule has 1 aliphatic carbocycles. The van der Waals surface area contributed by atoms with Crippen molar-refractivity contribution in [3.8, 4) is 0 Å². The van der Waals surface area contributed by atoms with Gasteiger partial charge in [-0.05, 0) is 48.4 Å². The van der Waals surface area contributed by atoms with Crippen LogP contribution < -0.4 is 0 Å². The van der Waals surface area contributed by atoms with Crippen LogP contribution in [0.1, 0.15) is 48.0 Å². The molecular weight excluding hydrogens is 276 g/mol. The van der Waals surface area contributed by atoms with E-state index in [9.17, 15) is 4.79 Å². The fourth-order valence-corrected chi connectivity index (χ4v) is 3.68. The van der Waals surface area contributed by atoms with Gasteiger partial charge in [0.05, 0.1) is 0 Å². The lowest BCUT2D eigenvalue weighted by Gasteiger charge is -2.39. The van der Waals surface area contributed by atoms with Crippen molar-refractivity contribution in [1.29, 1.82) is 0 Å². The van der Waals surface area contributed by atoms with Gasteiger partial charge in [-0.1, -0.05) is 47.6 Å². The summed E-state index contributed by atoms with van der Waals surface area (Å²) < 4.78 is 6.45. The summed E-state index contributed by atoms with van der Waals surface area (Å²) in [6.07, 6.45) is 4.89. The molecule has 3 atom stereocenters. The molecule has 0 N–H and O–H groups in total. The van der Waals surface area contributed by atoms with Crippen LogP contribution in [0.2, 0.25) is 18.1 Å². The summed E-state index contributed by atoms with van der Waals surface area (Å²) >= 11 is 0. The molecule has 0 aromatic rings. The SMILES string of the molecule is CC(C)[C@H](CO[Si](C)(C)C(C)(C)C)[C@@H]1C=CC(=O)[C@H](C)C1. The van der Waals surface area contributed by atoms with Gasteiger partial charge in [0.25, 0.3) is 0 Å². The molecule has 2 nitrogen and oxygen atoms in total. The number of allylic oxidation sites excluding steroid dienone is 2. The first-order valence-electron chi connectivity index (χ1n) is 8.31. The number of hydrogen-bond acceptors (Lipinski definition) is 2. The maximum absolute atomic E-state index is 11.7. The van der Waals surface area contributed by atoms with E-state index in [1.165, 1.54) is 0 Å². The summed E-state index contributed by atoms with van der Waals surface area (Å²) in [5, 5.41) is 0.250. The molecule has 0 aromatic carbocycles. The number of carbonyl (C=O) groups is 1. The van der Waals surface area contributed by atoms with Gasteiger partial charge in [0, 0.05) is 12.5 Å². The molecule has 0 heterocycles. The molecule has 1 aliphatic rings. The molecule has 0 fully saturated rings. The standard InChI is InChI=1S/C18H34O2Si/c1-13(2)16(12-20-21(7,8)18(4,5)6)15-9-10-17(19)14(3)11-15/h9-10,13-16H,11-12H2,1-8H3/t14-,15-,16+/m1/s1. The van der Waals surface area contributed by atoms with E-state index in [4.69, 9.17) is 4.43 Å². The fourth-order valence-electron chi connectivity index (χ4n) is 2.63. The molecule has 1 rings (SSSR count). The van der Waals surface area contributed by atoms with E-state index in [2.05, 4.69) is 53.8 Å². The van der Waals surface area contributed by atoms with Gasteiger partial charge in [0.1, 0.15) is 0 Å². The Balaban J connectivity index is 2.76. The second-order valence-corrected chi connectivity index (χ2v) is 13.4. The zero-order valence-corrected chi connectivity index (χ0v) is 16.2. The Morgan fingerprint density at radius 2 is 1.90 bits per heavy atom. The highest BCUT2D eigenvalue weighted by atomic mass is 28.4. The van der Waals surface area contributed by atoms with Crippen LogP contribution in [-0.2, 0) is 9.22 Å². The van der Waals surface area contributed by atoms with Gasteiger partial charge >= 0.3 is 0 Å². The lowest BCUT2D eigenvalue weighted by molar-refractivity contribution is -0.118. The summed E-state index contributed by atoms with van der Waals surface area (Å²) in [6, 6.07) is 0. The van der Waals surface area contributed by atoms with E-state index in [0.717, 1.165) is 13.0 Å². The molecule has 0 aromatic heterocycles. The highest BCUT2D eigenvalue weighted by Crippen LogP contribution is 2.38. The average Bonchev–Trinajstić information content (AvgIpc) is 2.31. The summed E-state index contributed by atoms with van der Waals surface area (Å²) in [5.41, 5.74) is 0. The maximum Gasteiger partial charge on any atom is 0.191 e. The van der Waals surface area contributed by atoms with E-state index in [0.29, 0.717) is 17.8 Å². The molecule has 0 bridgehead atoms. The monoisotopic (exact) mass is 310 g/mol. The van der Waals surface area contributed by atoms with E-state index >= 15 is 0 Å². The van der Waals surface area contributed by atoms with Crippen LogP contribution in [0.4, 0.5) is 0 Å². The molecule has 0 radical (unpaired) electrons. The number of ketones is 1.